The summed E-state index contributed by atoms with van der Waals surface area (Å²) in [5.41, 5.74) is 0.345. The van der Waals surface area contributed by atoms with Gasteiger partial charge < -0.3 is 10.4 Å². The maximum atomic E-state index is 13.4. The van der Waals surface area contributed by atoms with Gasteiger partial charge in [-0.3, -0.25) is 9.59 Å². The summed E-state index contributed by atoms with van der Waals surface area (Å²) < 4.78 is 13.4. The summed E-state index contributed by atoms with van der Waals surface area (Å²) in [6.45, 7) is 0.221. The predicted molar refractivity (Wildman–Crippen MR) is 65.0 cm³/mol. The molecular weight excluding hydrogens is 261 g/mol. The first kappa shape index (κ1) is 14.4. The Labute approximate surface area is 109 Å². The molecule has 1 rings (SSSR count). The van der Waals surface area contributed by atoms with Crippen molar-refractivity contribution in [3.63, 3.8) is 0 Å². The molecule has 98 valence electrons. The van der Waals surface area contributed by atoms with Gasteiger partial charge in [0.25, 0.3) is 0 Å². The maximum absolute atomic E-state index is 13.4. The zero-order valence-corrected chi connectivity index (χ0v) is 10.3. The van der Waals surface area contributed by atoms with E-state index in [1.165, 1.54) is 12.1 Å². The molecule has 0 atom stereocenters. The fraction of sp³-hybridized carbons (Fsp3) is 0.333. The second kappa shape index (κ2) is 6.96. The fourth-order valence-electron chi connectivity index (χ4n) is 1.41. The first-order valence-corrected chi connectivity index (χ1v) is 5.80. The molecule has 0 radical (unpaired) electrons. The second-order valence-electron chi connectivity index (χ2n) is 3.69. The molecule has 0 aliphatic carbocycles. The van der Waals surface area contributed by atoms with Crippen LogP contribution in [0.2, 0.25) is 5.02 Å². The van der Waals surface area contributed by atoms with Crippen molar-refractivity contribution in [3.8, 4) is 0 Å². The summed E-state index contributed by atoms with van der Waals surface area (Å²) in [4.78, 5) is 21.4. The van der Waals surface area contributed by atoms with Gasteiger partial charge in [-0.2, -0.15) is 0 Å². The van der Waals surface area contributed by atoms with Gasteiger partial charge in [0.15, 0.2) is 0 Å². The quantitative estimate of drug-likeness (QED) is 0.833. The van der Waals surface area contributed by atoms with Crippen LogP contribution in [0.5, 0.6) is 0 Å². The van der Waals surface area contributed by atoms with Crippen molar-refractivity contribution in [1.82, 2.24) is 5.32 Å². The molecule has 1 aromatic rings. The highest BCUT2D eigenvalue weighted by Gasteiger charge is 2.08. The molecule has 1 amide bonds. The Bertz CT molecular complexity index is 431. The van der Waals surface area contributed by atoms with Crippen LogP contribution < -0.4 is 5.32 Å². The van der Waals surface area contributed by atoms with Gasteiger partial charge in [0.05, 0.1) is 6.42 Å². The minimum Gasteiger partial charge on any atom is -0.481 e. The zero-order chi connectivity index (χ0) is 13.5. The first-order valence-electron chi connectivity index (χ1n) is 5.42. The van der Waals surface area contributed by atoms with Crippen LogP contribution >= 0.6 is 11.6 Å². The number of benzene rings is 1. The summed E-state index contributed by atoms with van der Waals surface area (Å²) >= 11 is 5.82. The highest BCUT2D eigenvalue weighted by Crippen LogP contribution is 2.18. The monoisotopic (exact) mass is 273 g/mol. The van der Waals surface area contributed by atoms with Crippen LogP contribution in [0.15, 0.2) is 18.2 Å². The van der Waals surface area contributed by atoms with Gasteiger partial charge >= 0.3 is 5.97 Å². The van der Waals surface area contributed by atoms with Crippen molar-refractivity contribution in [2.45, 2.75) is 19.3 Å². The predicted octanol–water partition coefficient (Wildman–Crippen LogP) is 2.00. The average Bonchev–Trinajstić information content (AvgIpc) is 2.30. The number of carboxylic acids is 1. The van der Waals surface area contributed by atoms with Crippen LogP contribution in [0.1, 0.15) is 18.4 Å². The number of nitrogens with one attached hydrogen (secondary N) is 1. The van der Waals surface area contributed by atoms with Gasteiger partial charge in [-0.1, -0.05) is 17.7 Å². The van der Waals surface area contributed by atoms with Gasteiger partial charge in [0.2, 0.25) is 5.91 Å². The van der Waals surface area contributed by atoms with Crippen LogP contribution in [0.25, 0.3) is 0 Å². The minimum atomic E-state index is -1.03. The standard InChI is InChI=1S/C12H13ClFNO3/c13-9-2-1-3-10(14)8(9)6-7-15-11(16)4-5-12(17)18/h1-3H,4-7H2,(H,15,16)(H,17,18). The molecule has 1 aromatic carbocycles. The third-order valence-electron chi connectivity index (χ3n) is 2.32. The van der Waals surface area contributed by atoms with E-state index >= 15 is 0 Å². The number of carbonyl (C=O) groups excluding carboxylic acids is 1. The minimum absolute atomic E-state index is 0.0830. The molecule has 4 nitrogen and oxygen atoms in total. The number of aliphatic carboxylic acids is 1. The lowest BCUT2D eigenvalue weighted by atomic mass is 10.1. The van der Waals surface area contributed by atoms with Gasteiger partial charge in [0.1, 0.15) is 5.82 Å². The van der Waals surface area contributed by atoms with Gasteiger partial charge in [0, 0.05) is 23.6 Å². The highest BCUT2D eigenvalue weighted by atomic mass is 35.5. The number of carbonyl (C=O) groups is 2. The van der Waals surface area contributed by atoms with Crippen LogP contribution in [-0.2, 0) is 16.0 Å². The average molecular weight is 274 g/mol. The van der Waals surface area contributed by atoms with Crippen molar-refractivity contribution in [2.75, 3.05) is 6.54 Å². The number of carboxylic acid groups (broad SMARTS) is 1. The molecule has 0 aliphatic rings. The van der Waals surface area contributed by atoms with E-state index in [4.69, 9.17) is 16.7 Å². The third kappa shape index (κ3) is 4.71. The highest BCUT2D eigenvalue weighted by molar-refractivity contribution is 6.31. The summed E-state index contributed by atoms with van der Waals surface area (Å²) in [6.07, 6.45) is -0.0308. The van der Waals surface area contributed by atoms with Crippen molar-refractivity contribution in [2.24, 2.45) is 0 Å². The second-order valence-corrected chi connectivity index (χ2v) is 4.10. The third-order valence-corrected chi connectivity index (χ3v) is 2.68. The largest absolute Gasteiger partial charge is 0.481 e. The van der Waals surface area contributed by atoms with Crippen molar-refractivity contribution >= 4 is 23.5 Å². The zero-order valence-electron chi connectivity index (χ0n) is 9.58. The summed E-state index contributed by atoms with van der Waals surface area (Å²) in [6, 6.07) is 4.38. The number of hydrogen-bond acceptors (Lipinski definition) is 2. The molecule has 6 heteroatoms. The molecule has 0 saturated heterocycles. The number of rotatable bonds is 6. The first-order chi connectivity index (χ1) is 8.50. The molecular formula is C12H13ClFNO3. The van der Waals surface area contributed by atoms with E-state index < -0.39 is 11.8 Å². The molecule has 0 fully saturated rings. The molecule has 2 N–H and O–H groups in total. The molecule has 18 heavy (non-hydrogen) atoms. The smallest absolute Gasteiger partial charge is 0.303 e. The van der Waals surface area contributed by atoms with Gasteiger partial charge in [-0.05, 0) is 18.6 Å². The lowest BCUT2D eigenvalue weighted by molar-refractivity contribution is -0.138. The van der Waals surface area contributed by atoms with E-state index in [0.29, 0.717) is 10.6 Å². The molecule has 0 unspecified atom stereocenters. The molecule has 0 bridgehead atoms. The molecule has 0 aromatic heterocycles. The van der Waals surface area contributed by atoms with E-state index in [1.807, 2.05) is 0 Å². The van der Waals surface area contributed by atoms with Gasteiger partial charge in [-0.25, -0.2) is 4.39 Å². The lowest BCUT2D eigenvalue weighted by Gasteiger charge is -2.07. The summed E-state index contributed by atoms with van der Waals surface area (Å²) in [5.74, 6) is -1.81. The molecule has 0 heterocycles. The summed E-state index contributed by atoms with van der Waals surface area (Å²) in [5, 5.41) is 11.2. The van der Waals surface area contributed by atoms with E-state index in [2.05, 4.69) is 5.32 Å². The van der Waals surface area contributed by atoms with Crippen LogP contribution in [0.3, 0.4) is 0 Å². The van der Waals surface area contributed by atoms with Crippen LogP contribution in [0, 0.1) is 5.82 Å². The number of hydrogen-bond donors (Lipinski definition) is 2. The molecule has 0 saturated carbocycles. The van der Waals surface area contributed by atoms with Crippen molar-refractivity contribution < 1.29 is 19.1 Å². The van der Waals surface area contributed by atoms with E-state index in [-0.39, 0.29) is 31.7 Å². The molecule has 0 spiro atoms. The Balaban J connectivity index is 2.38. The Morgan fingerprint density at radius 3 is 2.67 bits per heavy atom. The van der Waals surface area contributed by atoms with Gasteiger partial charge in [-0.15, -0.1) is 0 Å². The topological polar surface area (TPSA) is 66.4 Å². The normalized spacial score (nSPS) is 10.1. The van der Waals surface area contributed by atoms with Crippen molar-refractivity contribution in [1.29, 1.82) is 0 Å². The summed E-state index contributed by atoms with van der Waals surface area (Å²) in [7, 11) is 0. The number of amides is 1. The Morgan fingerprint density at radius 2 is 2.06 bits per heavy atom. The Morgan fingerprint density at radius 1 is 1.33 bits per heavy atom. The fourth-order valence-corrected chi connectivity index (χ4v) is 1.66. The molecule has 0 aliphatic heterocycles. The van der Waals surface area contributed by atoms with Crippen LogP contribution in [0.4, 0.5) is 4.39 Å². The SMILES string of the molecule is O=C(O)CCC(=O)NCCc1c(F)cccc1Cl. The van der Waals surface area contributed by atoms with E-state index in [1.54, 1.807) is 6.07 Å². The lowest BCUT2D eigenvalue weighted by Crippen LogP contribution is -2.26. The Kier molecular flexibility index (Phi) is 5.58. The number of halogens is 2. The van der Waals surface area contributed by atoms with Crippen LogP contribution in [-0.4, -0.2) is 23.5 Å². The maximum Gasteiger partial charge on any atom is 0.303 e. The van der Waals surface area contributed by atoms with E-state index in [9.17, 15) is 14.0 Å². The van der Waals surface area contributed by atoms with E-state index in [0.717, 1.165) is 0 Å². The Hall–Kier alpha value is -1.62. The van der Waals surface area contributed by atoms with Crippen molar-refractivity contribution in [3.05, 3.63) is 34.6 Å².